The fraction of sp³-hybridized carbons (Fsp3) is 0.158. The van der Waals surface area contributed by atoms with Gasteiger partial charge in [0, 0.05) is 21.8 Å². The predicted octanol–water partition coefficient (Wildman–Crippen LogP) is 3.33. The zero-order valence-electron chi connectivity index (χ0n) is 13.6. The first-order valence-electron chi connectivity index (χ1n) is 7.78. The van der Waals surface area contributed by atoms with Gasteiger partial charge in [-0.2, -0.15) is 0 Å². The SMILES string of the molecule is Cc1c(C(=O)NC(Cc2ccccc2)C(N)=O)oc2ccc(Br)cc12. The Bertz CT molecular complexity index is 934. The maximum Gasteiger partial charge on any atom is 0.287 e. The Balaban J connectivity index is 1.84. The molecule has 2 aromatic carbocycles. The Morgan fingerprint density at radius 1 is 1.20 bits per heavy atom. The Hall–Kier alpha value is -2.60. The number of hydrogen-bond acceptors (Lipinski definition) is 3. The number of furan rings is 1. The molecule has 0 saturated carbocycles. The molecular weight excluding hydrogens is 384 g/mol. The van der Waals surface area contributed by atoms with Crippen LogP contribution in [0.3, 0.4) is 0 Å². The molecule has 0 bridgehead atoms. The molecule has 0 aliphatic rings. The van der Waals surface area contributed by atoms with E-state index in [9.17, 15) is 9.59 Å². The first kappa shape index (κ1) is 17.2. The molecule has 1 unspecified atom stereocenters. The van der Waals surface area contributed by atoms with Gasteiger partial charge in [-0.05, 0) is 30.7 Å². The molecule has 3 N–H and O–H groups in total. The molecule has 128 valence electrons. The lowest BCUT2D eigenvalue weighted by molar-refractivity contribution is -0.119. The van der Waals surface area contributed by atoms with Crippen LogP contribution in [0.1, 0.15) is 21.7 Å². The van der Waals surface area contributed by atoms with E-state index in [-0.39, 0.29) is 5.76 Å². The van der Waals surface area contributed by atoms with Crippen LogP contribution >= 0.6 is 15.9 Å². The highest BCUT2D eigenvalue weighted by molar-refractivity contribution is 9.10. The number of carbonyl (C=O) groups excluding carboxylic acids is 2. The van der Waals surface area contributed by atoms with Crippen LogP contribution in [0.25, 0.3) is 11.0 Å². The second kappa shape index (κ2) is 7.11. The van der Waals surface area contributed by atoms with Gasteiger partial charge in [0.2, 0.25) is 5.91 Å². The maximum atomic E-state index is 12.6. The Labute approximate surface area is 153 Å². The molecular formula is C19H17BrN2O3. The van der Waals surface area contributed by atoms with Crippen molar-refractivity contribution in [3.05, 3.63) is 69.9 Å². The number of halogens is 1. The van der Waals surface area contributed by atoms with Crippen LogP contribution in [-0.2, 0) is 11.2 Å². The van der Waals surface area contributed by atoms with Crippen molar-refractivity contribution in [3.63, 3.8) is 0 Å². The van der Waals surface area contributed by atoms with Crippen molar-refractivity contribution in [1.29, 1.82) is 0 Å². The number of primary amides is 1. The molecule has 1 atom stereocenters. The van der Waals surface area contributed by atoms with Gasteiger partial charge in [0.15, 0.2) is 5.76 Å². The summed E-state index contributed by atoms with van der Waals surface area (Å²) in [6, 6.07) is 14.1. The third kappa shape index (κ3) is 3.74. The van der Waals surface area contributed by atoms with Gasteiger partial charge >= 0.3 is 0 Å². The summed E-state index contributed by atoms with van der Waals surface area (Å²) in [7, 11) is 0. The summed E-state index contributed by atoms with van der Waals surface area (Å²) in [6.45, 7) is 1.81. The number of hydrogen-bond donors (Lipinski definition) is 2. The van der Waals surface area contributed by atoms with Crippen molar-refractivity contribution >= 4 is 38.7 Å². The largest absolute Gasteiger partial charge is 0.451 e. The molecule has 2 amide bonds. The highest BCUT2D eigenvalue weighted by atomic mass is 79.9. The molecule has 0 aliphatic heterocycles. The van der Waals surface area contributed by atoms with Crippen LogP contribution in [0.4, 0.5) is 0 Å². The maximum absolute atomic E-state index is 12.6. The fourth-order valence-electron chi connectivity index (χ4n) is 2.71. The topological polar surface area (TPSA) is 85.3 Å². The predicted molar refractivity (Wildman–Crippen MR) is 99.2 cm³/mol. The van der Waals surface area contributed by atoms with Gasteiger partial charge in [-0.25, -0.2) is 0 Å². The van der Waals surface area contributed by atoms with E-state index in [4.69, 9.17) is 10.2 Å². The summed E-state index contributed by atoms with van der Waals surface area (Å²) in [5, 5.41) is 3.52. The van der Waals surface area contributed by atoms with Crippen molar-refractivity contribution in [2.75, 3.05) is 0 Å². The molecule has 1 heterocycles. The van der Waals surface area contributed by atoms with Crippen molar-refractivity contribution in [2.45, 2.75) is 19.4 Å². The van der Waals surface area contributed by atoms with Gasteiger partial charge in [0.1, 0.15) is 11.6 Å². The fourth-order valence-corrected chi connectivity index (χ4v) is 3.07. The number of fused-ring (bicyclic) bond motifs is 1. The highest BCUT2D eigenvalue weighted by Crippen LogP contribution is 2.28. The van der Waals surface area contributed by atoms with Crippen molar-refractivity contribution in [1.82, 2.24) is 5.32 Å². The van der Waals surface area contributed by atoms with Crippen molar-refractivity contribution in [3.8, 4) is 0 Å². The number of carbonyl (C=O) groups is 2. The molecule has 6 heteroatoms. The smallest absolute Gasteiger partial charge is 0.287 e. The normalized spacial score (nSPS) is 12.1. The van der Waals surface area contributed by atoms with E-state index in [2.05, 4.69) is 21.2 Å². The van der Waals surface area contributed by atoms with E-state index in [1.165, 1.54) is 0 Å². The van der Waals surface area contributed by atoms with Crippen molar-refractivity contribution < 1.29 is 14.0 Å². The lowest BCUT2D eigenvalue weighted by Crippen LogP contribution is -2.45. The number of amides is 2. The molecule has 0 saturated heterocycles. The minimum Gasteiger partial charge on any atom is -0.451 e. The minimum atomic E-state index is -0.811. The van der Waals surface area contributed by atoms with Crippen LogP contribution in [0.2, 0.25) is 0 Å². The summed E-state index contributed by atoms with van der Waals surface area (Å²) in [4.78, 5) is 24.3. The summed E-state index contributed by atoms with van der Waals surface area (Å²) >= 11 is 3.41. The Kier molecular flexibility index (Phi) is 4.90. The molecule has 25 heavy (non-hydrogen) atoms. The highest BCUT2D eigenvalue weighted by Gasteiger charge is 2.23. The van der Waals surface area contributed by atoms with Gasteiger partial charge < -0.3 is 15.5 Å². The summed E-state index contributed by atoms with van der Waals surface area (Å²) < 4.78 is 6.56. The van der Waals surface area contributed by atoms with E-state index in [1.807, 2.05) is 49.4 Å². The summed E-state index contributed by atoms with van der Waals surface area (Å²) in [5.74, 6) is -0.856. The standard InChI is InChI=1S/C19H17BrN2O3/c1-11-14-10-13(20)7-8-16(14)25-17(11)19(24)22-15(18(21)23)9-12-5-3-2-4-6-12/h2-8,10,15H,9H2,1H3,(H2,21,23)(H,22,24). The average Bonchev–Trinajstić information content (AvgIpc) is 2.91. The van der Waals surface area contributed by atoms with Gasteiger partial charge in [0.05, 0.1) is 0 Å². The first-order chi connectivity index (χ1) is 12.0. The number of benzene rings is 2. The van der Waals surface area contributed by atoms with Crippen LogP contribution in [0, 0.1) is 6.92 Å². The van der Waals surface area contributed by atoms with Crippen LogP contribution in [0.15, 0.2) is 57.4 Å². The van der Waals surface area contributed by atoms with E-state index >= 15 is 0 Å². The average molecular weight is 401 g/mol. The zero-order valence-corrected chi connectivity index (χ0v) is 15.2. The summed E-state index contributed by atoms with van der Waals surface area (Å²) in [6.07, 6.45) is 0.326. The van der Waals surface area contributed by atoms with Gasteiger partial charge in [-0.15, -0.1) is 0 Å². The lowest BCUT2D eigenvalue weighted by atomic mass is 10.1. The molecule has 0 fully saturated rings. The van der Waals surface area contributed by atoms with E-state index in [0.717, 1.165) is 21.0 Å². The third-order valence-corrected chi connectivity index (χ3v) is 4.53. The Morgan fingerprint density at radius 2 is 1.92 bits per heavy atom. The van der Waals surface area contributed by atoms with Crippen LogP contribution in [0.5, 0.6) is 0 Å². The number of nitrogens with one attached hydrogen (secondary N) is 1. The van der Waals surface area contributed by atoms with E-state index in [1.54, 1.807) is 6.07 Å². The molecule has 0 aliphatic carbocycles. The third-order valence-electron chi connectivity index (χ3n) is 4.04. The molecule has 3 rings (SSSR count). The zero-order chi connectivity index (χ0) is 18.0. The van der Waals surface area contributed by atoms with Gasteiger partial charge in [0.25, 0.3) is 5.91 Å². The van der Waals surface area contributed by atoms with Crippen LogP contribution in [-0.4, -0.2) is 17.9 Å². The quantitative estimate of drug-likeness (QED) is 0.688. The number of rotatable bonds is 5. The summed E-state index contributed by atoms with van der Waals surface area (Å²) in [5.41, 5.74) is 7.70. The van der Waals surface area contributed by atoms with E-state index in [0.29, 0.717) is 12.0 Å². The molecule has 5 nitrogen and oxygen atoms in total. The Morgan fingerprint density at radius 3 is 2.60 bits per heavy atom. The van der Waals surface area contributed by atoms with Crippen LogP contribution < -0.4 is 11.1 Å². The molecule has 1 aromatic heterocycles. The van der Waals surface area contributed by atoms with Gasteiger partial charge in [-0.1, -0.05) is 46.3 Å². The second-order valence-corrected chi connectivity index (χ2v) is 6.73. The molecule has 3 aromatic rings. The van der Waals surface area contributed by atoms with Crippen molar-refractivity contribution in [2.24, 2.45) is 5.73 Å². The molecule has 0 radical (unpaired) electrons. The van der Waals surface area contributed by atoms with E-state index < -0.39 is 17.9 Å². The molecule has 0 spiro atoms. The number of nitrogens with two attached hydrogens (primary N) is 1. The first-order valence-corrected chi connectivity index (χ1v) is 8.58. The second-order valence-electron chi connectivity index (χ2n) is 5.81. The monoisotopic (exact) mass is 400 g/mol. The van der Waals surface area contributed by atoms with Gasteiger partial charge in [-0.3, -0.25) is 9.59 Å². The minimum absolute atomic E-state index is 0.187. The number of aryl methyl sites for hydroxylation is 1. The lowest BCUT2D eigenvalue weighted by Gasteiger charge is -2.15.